The van der Waals surface area contributed by atoms with Crippen molar-refractivity contribution >= 4 is 5.91 Å². The zero-order valence-electron chi connectivity index (χ0n) is 15.4. The normalized spacial score (nSPS) is 28.2. The molecule has 0 aromatic carbocycles. The summed E-state index contributed by atoms with van der Waals surface area (Å²) < 4.78 is 1.25. The van der Waals surface area contributed by atoms with E-state index < -0.39 is 5.60 Å². The van der Waals surface area contributed by atoms with E-state index in [-0.39, 0.29) is 17.7 Å². The highest BCUT2D eigenvalue weighted by Crippen LogP contribution is 2.21. The summed E-state index contributed by atoms with van der Waals surface area (Å²) in [5.41, 5.74) is 0.00235. The number of carbonyl (C=O) groups is 1. The van der Waals surface area contributed by atoms with Crippen molar-refractivity contribution in [2.75, 3.05) is 0 Å². The van der Waals surface area contributed by atoms with E-state index in [0.29, 0.717) is 18.5 Å². The van der Waals surface area contributed by atoms with Crippen molar-refractivity contribution in [3.05, 3.63) is 65.0 Å². The number of hydrogen-bond acceptors (Lipinski definition) is 5. The van der Waals surface area contributed by atoms with Gasteiger partial charge in [0.1, 0.15) is 5.60 Å². The first-order valence-electron chi connectivity index (χ1n) is 8.65. The zero-order chi connectivity index (χ0) is 19.3. The Bertz CT molecular complexity index is 746. The lowest BCUT2D eigenvalue weighted by molar-refractivity contribution is -0.133. The van der Waals surface area contributed by atoms with Crippen molar-refractivity contribution < 1.29 is 9.90 Å². The van der Waals surface area contributed by atoms with Gasteiger partial charge in [-0.3, -0.25) is 4.79 Å². The number of aliphatic hydroxyl groups is 1. The van der Waals surface area contributed by atoms with Crippen molar-refractivity contribution in [3.63, 3.8) is 0 Å². The average Bonchev–Trinajstić information content (AvgIpc) is 3.06. The molecular weight excluding hydrogens is 332 g/mol. The summed E-state index contributed by atoms with van der Waals surface area (Å²) in [7, 11) is 0. The average molecular weight is 358 g/mol. The second-order valence-corrected chi connectivity index (χ2v) is 6.95. The maximum absolute atomic E-state index is 12.7. The van der Waals surface area contributed by atoms with Gasteiger partial charge in [-0.25, -0.2) is 15.5 Å². The Balaban J connectivity index is 2.08. The van der Waals surface area contributed by atoms with E-state index in [2.05, 4.69) is 5.29 Å². The van der Waals surface area contributed by atoms with Crippen LogP contribution in [0.2, 0.25) is 0 Å². The first kappa shape index (κ1) is 19.8. The molecule has 3 atom stereocenters. The first-order chi connectivity index (χ1) is 12.2. The number of nitrogens with zero attached hydrogens (tertiary/aromatic N) is 3. The predicted octanol–water partition coefficient (Wildman–Crippen LogP) is 2.69. The molecule has 7 heteroatoms. The van der Waals surface area contributed by atoms with E-state index in [1.54, 1.807) is 50.4 Å². The van der Waals surface area contributed by atoms with Gasteiger partial charge in [0, 0.05) is 17.8 Å². The Morgan fingerprint density at radius 2 is 2.23 bits per heavy atom. The van der Waals surface area contributed by atoms with Gasteiger partial charge in [-0.1, -0.05) is 32.1 Å². The third kappa shape index (κ3) is 5.00. The first-order valence-corrected chi connectivity index (χ1v) is 8.65. The fourth-order valence-corrected chi connectivity index (χ4v) is 2.74. The van der Waals surface area contributed by atoms with Gasteiger partial charge in [0.05, 0.1) is 11.0 Å². The molecule has 0 bridgehead atoms. The van der Waals surface area contributed by atoms with Gasteiger partial charge in [-0.15, -0.1) is 4.91 Å². The highest BCUT2D eigenvalue weighted by atomic mass is 16.3. The maximum Gasteiger partial charge on any atom is 0.243 e. The van der Waals surface area contributed by atoms with Gasteiger partial charge >= 0.3 is 0 Å². The minimum atomic E-state index is -1.19. The van der Waals surface area contributed by atoms with Crippen molar-refractivity contribution in [1.29, 1.82) is 0 Å². The van der Waals surface area contributed by atoms with Crippen LogP contribution in [0.4, 0.5) is 0 Å². The topological polar surface area (TPSA) is 101 Å². The summed E-state index contributed by atoms with van der Waals surface area (Å²) in [6, 6.07) is 3.53. The summed E-state index contributed by atoms with van der Waals surface area (Å²) in [5.74, 6) is 5.55. The summed E-state index contributed by atoms with van der Waals surface area (Å²) in [5, 5.41) is 14.4. The van der Waals surface area contributed by atoms with Gasteiger partial charge in [0.15, 0.2) is 0 Å². The number of allylic oxidation sites excluding steroid dienone is 3. The van der Waals surface area contributed by atoms with Crippen molar-refractivity contribution in [1.82, 2.24) is 9.69 Å². The van der Waals surface area contributed by atoms with Crippen LogP contribution in [0.5, 0.6) is 0 Å². The number of aromatic nitrogens is 1. The van der Waals surface area contributed by atoms with Gasteiger partial charge in [0.25, 0.3) is 0 Å². The standard InChI is InChI=1S/C19H26N4O3/c1-14-6-8-17(13-19(3,25)11-10-14)23(20)18(24)15(2)7-9-16-5-4-12-22(16)21-26/h4-6,8,10-15,25H,7,9,20H2,1-3H3/b8-6-,11-10-,17-13+. The monoisotopic (exact) mass is 358 g/mol. The van der Waals surface area contributed by atoms with Crippen LogP contribution in [0.25, 0.3) is 0 Å². The third-order valence-corrected chi connectivity index (χ3v) is 4.42. The van der Waals surface area contributed by atoms with E-state index in [9.17, 15) is 14.8 Å². The number of hydrazine groups is 1. The predicted molar refractivity (Wildman–Crippen MR) is 100 cm³/mol. The lowest BCUT2D eigenvalue weighted by Gasteiger charge is -2.26. The minimum absolute atomic E-state index is 0.120. The third-order valence-electron chi connectivity index (χ3n) is 4.42. The van der Waals surface area contributed by atoms with E-state index in [0.717, 1.165) is 10.7 Å². The number of aryl methyl sites for hydroxylation is 1. The summed E-state index contributed by atoms with van der Waals surface area (Å²) in [6.45, 7) is 5.41. The number of nitrogens with two attached hydrogens (primary N) is 1. The van der Waals surface area contributed by atoms with Crippen LogP contribution in [-0.2, 0) is 11.2 Å². The Hall–Kier alpha value is -2.51. The molecule has 1 aromatic heterocycles. The largest absolute Gasteiger partial charge is 0.382 e. The molecule has 1 heterocycles. The lowest BCUT2D eigenvalue weighted by atomic mass is 9.97. The SMILES string of the molecule is CC1/C=C\C(N(N)C(=O)C(C)CCc2cccn2N=O)=C/C(C)(O)/C=C\1. The molecule has 0 radical (unpaired) electrons. The van der Waals surface area contributed by atoms with Crippen molar-refractivity contribution in [2.24, 2.45) is 23.0 Å². The number of rotatable bonds is 6. The summed E-state index contributed by atoms with van der Waals surface area (Å²) >= 11 is 0. The van der Waals surface area contributed by atoms with Crippen molar-refractivity contribution in [3.8, 4) is 0 Å². The zero-order valence-corrected chi connectivity index (χ0v) is 15.4. The lowest BCUT2D eigenvalue weighted by Crippen LogP contribution is -2.41. The van der Waals surface area contributed by atoms with E-state index in [1.807, 2.05) is 19.1 Å². The van der Waals surface area contributed by atoms with Gasteiger partial charge in [-0.05, 0) is 50.0 Å². The highest BCUT2D eigenvalue weighted by Gasteiger charge is 2.24. The van der Waals surface area contributed by atoms with Crippen LogP contribution in [0.15, 0.2) is 59.7 Å². The summed E-state index contributed by atoms with van der Waals surface area (Å²) in [4.78, 5) is 23.4. The molecule has 1 aromatic rings. The molecule has 7 nitrogen and oxygen atoms in total. The molecule has 0 aliphatic heterocycles. The van der Waals surface area contributed by atoms with Crippen LogP contribution in [0.1, 0.15) is 32.9 Å². The molecule has 26 heavy (non-hydrogen) atoms. The molecular formula is C19H26N4O3. The fraction of sp³-hybridized carbons (Fsp3) is 0.421. The van der Waals surface area contributed by atoms with Gasteiger partial charge in [-0.2, -0.15) is 0 Å². The summed E-state index contributed by atoms with van der Waals surface area (Å²) in [6.07, 6.45) is 11.4. The van der Waals surface area contributed by atoms with Gasteiger partial charge in [0.2, 0.25) is 5.91 Å². The van der Waals surface area contributed by atoms with Crippen LogP contribution in [0, 0.1) is 16.7 Å². The van der Waals surface area contributed by atoms with E-state index in [4.69, 9.17) is 5.84 Å². The molecule has 0 spiro atoms. The Morgan fingerprint density at radius 1 is 1.50 bits per heavy atom. The molecule has 3 unspecified atom stereocenters. The second kappa shape index (κ2) is 8.25. The Morgan fingerprint density at radius 3 is 2.92 bits per heavy atom. The van der Waals surface area contributed by atoms with Gasteiger partial charge < -0.3 is 5.11 Å². The highest BCUT2D eigenvalue weighted by molar-refractivity contribution is 5.80. The molecule has 140 valence electrons. The van der Waals surface area contributed by atoms with Crippen LogP contribution in [-0.4, -0.2) is 26.3 Å². The Kier molecular flexibility index (Phi) is 6.28. The molecule has 0 saturated carbocycles. The molecule has 1 amide bonds. The van der Waals surface area contributed by atoms with Crippen LogP contribution in [0.3, 0.4) is 0 Å². The van der Waals surface area contributed by atoms with Crippen LogP contribution >= 0.6 is 0 Å². The molecule has 3 N–H and O–H groups in total. The molecule has 0 saturated heterocycles. The maximum atomic E-state index is 12.7. The number of amides is 1. The van der Waals surface area contributed by atoms with E-state index >= 15 is 0 Å². The fourth-order valence-electron chi connectivity index (χ4n) is 2.74. The quantitative estimate of drug-likeness (QED) is 0.268. The molecule has 0 fully saturated rings. The molecule has 1 aliphatic carbocycles. The molecule has 2 rings (SSSR count). The number of carbonyl (C=O) groups excluding carboxylic acids is 1. The van der Waals surface area contributed by atoms with Crippen molar-refractivity contribution in [2.45, 2.75) is 39.2 Å². The number of nitroso groups, excluding NO2 is 1. The van der Waals surface area contributed by atoms with Crippen LogP contribution < -0.4 is 5.84 Å². The smallest absolute Gasteiger partial charge is 0.243 e. The second-order valence-electron chi connectivity index (χ2n) is 6.95. The molecule has 1 aliphatic rings. The minimum Gasteiger partial charge on any atom is -0.382 e. The Labute approximate surface area is 153 Å². The van der Waals surface area contributed by atoms with E-state index in [1.165, 1.54) is 4.68 Å². The number of hydrogen-bond donors (Lipinski definition) is 2.